The van der Waals surface area contributed by atoms with E-state index in [0.717, 1.165) is 18.9 Å². The number of pyridine rings is 1. The van der Waals surface area contributed by atoms with Gasteiger partial charge < -0.3 is 9.64 Å². The van der Waals surface area contributed by atoms with Crippen molar-refractivity contribution in [3.05, 3.63) is 29.3 Å². The molecule has 0 bridgehead atoms. The zero-order valence-corrected chi connectivity index (χ0v) is 17.0. The maximum atomic E-state index is 14.1. The quantitative estimate of drug-likeness (QED) is 0.514. The Morgan fingerprint density at radius 1 is 1.10 bits per heavy atom. The fourth-order valence-corrected chi connectivity index (χ4v) is 6.01. The molecule has 2 aliphatic heterocycles. The normalized spacial score (nSPS) is 25.4. The van der Waals surface area contributed by atoms with Crippen LogP contribution in [0.5, 0.6) is 0 Å². The summed E-state index contributed by atoms with van der Waals surface area (Å²) in [5, 5.41) is 0. The van der Waals surface area contributed by atoms with Crippen LogP contribution in [0.15, 0.2) is 12.1 Å². The fourth-order valence-electron chi connectivity index (χ4n) is 6.01. The molecule has 2 saturated heterocycles. The SMILES string of the molecule is O=C1CC2(CO1)CC(C(=O)N1CCC3(CC1)CC(c1nc(C(F)(F)F)ccc1F)C3)C2. The number of hydrogen-bond acceptors (Lipinski definition) is 4. The molecule has 0 aromatic carbocycles. The van der Waals surface area contributed by atoms with E-state index in [0.29, 0.717) is 57.9 Å². The van der Waals surface area contributed by atoms with Crippen LogP contribution in [0.1, 0.15) is 62.3 Å². The number of carbonyl (C=O) groups excluding carboxylic acids is 2. The number of cyclic esters (lactones) is 1. The van der Waals surface area contributed by atoms with Crippen molar-refractivity contribution >= 4 is 11.9 Å². The van der Waals surface area contributed by atoms with E-state index in [1.165, 1.54) is 0 Å². The molecule has 4 aliphatic rings. The van der Waals surface area contributed by atoms with E-state index in [1.807, 2.05) is 4.90 Å². The van der Waals surface area contributed by atoms with Gasteiger partial charge in [0.1, 0.15) is 11.5 Å². The Labute approximate surface area is 177 Å². The number of piperidine rings is 1. The van der Waals surface area contributed by atoms with Crippen LogP contribution in [0.3, 0.4) is 0 Å². The molecule has 1 aromatic heterocycles. The van der Waals surface area contributed by atoms with Crippen molar-refractivity contribution in [3.8, 4) is 0 Å². The predicted octanol–water partition coefficient (Wildman–Crippen LogP) is 4.07. The van der Waals surface area contributed by atoms with Gasteiger partial charge in [-0.2, -0.15) is 13.2 Å². The Bertz CT molecular complexity index is 910. The molecule has 4 fully saturated rings. The third-order valence-corrected chi connectivity index (χ3v) is 7.81. The summed E-state index contributed by atoms with van der Waals surface area (Å²) in [5.74, 6) is -1.11. The summed E-state index contributed by atoms with van der Waals surface area (Å²) in [6, 6.07) is 1.53. The van der Waals surface area contributed by atoms with Gasteiger partial charge in [0.15, 0.2) is 0 Å². The molecule has 0 N–H and O–H groups in total. The number of alkyl halides is 3. The lowest BCUT2D eigenvalue weighted by molar-refractivity contribution is -0.147. The van der Waals surface area contributed by atoms with E-state index in [9.17, 15) is 27.2 Å². The molecule has 9 heteroatoms. The van der Waals surface area contributed by atoms with E-state index in [-0.39, 0.29) is 40.2 Å². The Morgan fingerprint density at radius 3 is 2.35 bits per heavy atom. The summed E-state index contributed by atoms with van der Waals surface area (Å²) in [7, 11) is 0. The Kier molecular flexibility index (Phi) is 4.61. The largest absolute Gasteiger partial charge is 0.465 e. The number of ether oxygens (including phenoxy) is 1. The molecule has 0 atom stereocenters. The number of carbonyl (C=O) groups is 2. The van der Waals surface area contributed by atoms with Gasteiger partial charge in [-0.05, 0) is 56.1 Å². The molecule has 5 rings (SSSR count). The van der Waals surface area contributed by atoms with E-state index in [4.69, 9.17) is 4.74 Å². The number of hydrogen-bond donors (Lipinski definition) is 0. The monoisotopic (exact) mass is 440 g/mol. The summed E-state index contributed by atoms with van der Waals surface area (Å²) in [6.45, 7) is 1.65. The van der Waals surface area contributed by atoms with E-state index in [2.05, 4.69) is 4.98 Å². The molecular formula is C22H24F4N2O3. The van der Waals surface area contributed by atoms with Crippen LogP contribution in [-0.4, -0.2) is 41.5 Å². The third-order valence-electron chi connectivity index (χ3n) is 7.81. The maximum Gasteiger partial charge on any atom is 0.433 e. The van der Waals surface area contributed by atoms with Gasteiger partial charge in [0, 0.05) is 30.3 Å². The fraction of sp³-hybridized carbons (Fsp3) is 0.682. The number of likely N-dealkylation sites (tertiary alicyclic amines) is 1. The molecule has 0 unspecified atom stereocenters. The topological polar surface area (TPSA) is 59.5 Å². The number of rotatable bonds is 2. The second-order valence-electron chi connectivity index (χ2n) is 9.93. The van der Waals surface area contributed by atoms with Crippen molar-refractivity contribution in [2.45, 2.75) is 57.0 Å². The van der Waals surface area contributed by atoms with Crippen molar-refractivity contribution in [1.82, 2.24) is 9.88 Å². The molecule has 31 heavy (non-hydrogen) atoms. The number of nitrogens with zero attached hydrogens (tertiary/aromatic N) is 2. The zero-order valence-electron chi connectivity index (χ0n) is 17.0. The predicted molar refractivity (Wildman–Crippen MR) is 100 cm³/mol. The second kappa shape index (κ2) is 6.90. The molecular weight excluding hydrogens is 416 g/mol. The van der Waals surface area contributed by atoms with Gasteiger partial charge in [-0.3, -0.25) is 9.59 Å². The lowest BCUT2D eigenvalue weighted by atomic mass is 9.56. The maximum absolute atomic E-state index is 14.1. The second-order valence-corrected chi connectivity index (χ2v) is 9.93. The van der Waals surface area contributed by atoms with Crippen molar-refractivity contribution < 1.29 is 31.9 Å². The highest BCUT2D eigenvalue weighted by atomic mass is 19.4. The summed E-state index contributed by atoms with van der Waals surface area (Å²) < 4.78 is 57.9. The minimum absolute atomic E-state index is 0.0453. The molecule has 168 valence electrons. The van der Waals surface area contributed by atoms with Crippen LogP contribution in [0.2, 0.25) is 0 Å². The highest BCUT2D eigenvalue weighted by molar-refractivity contribution is 5.81. The molecule has 2 spiro atoms. The van der Waals surface area contributed by atoms with E-state index < -0.39 is 17.7 Å². The van der Waals surface area contributed by atoms with Gasteiger partial charge in [0.2, 0.25) is 5.91 Å². The Balaban J connectivity index is 1.15. The third kappa shape index (κ3) is 3.59. The first-order valence-corrected chi connectivity index (χ1v) is 10.8. The standard InChI is InChI=1S/C22H24F4N2O3/c23-15-1-2-16(22(24,25)26)27-18(15)13-7-20(8-13)3-5-28(6-4-20)19(30)14-9-21(10-14)11-17(29)31-12-21/h1-2,13-14H,3-12H2. The molecule has 2 aliphatic carbocycles. The Morgan fingerprint density at radius 2 is 1.77 bits per heavy atom. The highest BCUT2D eigenvalue weighted by Gasteiger charge is 2.54. The molecule has 0 radical (unpaired) electrons. The van der Waals surface area contributed by atoms with Crippen molar-refractivity contribution in [1.29, 1.82) is 0 Å². The first-order chi connectivity index (χ1) is 14.6. The molecule has 3 heterocycles. The van der Waals surface area contributed by atoms with Crippen LogP contribution in [0.25, 0.3) is 0 Å². The van der Waals surface area contributed by atoms with Crippen LogP contribution in [-0.2, 0) is 20.5 Å². The van der Waals surface area contributed by atoms with Gasteiger partial charge in [0.25, 0.3) is 0 Å². The average molecular weight is 440 g/mol. The first-order valence-electron chi connectivity index (χ1n) is 10.8. The van der Waals surface area contributed by atoms with Gasteiger partial charge in [-0.25, -0.2) is 9.37 Å². The molecule has 2 saturated carbocycles. The Hall–Kier alpha value is -2.19. The molecule has 5 nitrogen and oxygen atoms in total. The van der Waals surface area contributed by atoms with Gasteiger partial charge in [-0.1, -0.05) is 0 Å². The highest BCUT2D eigenvalue weighted by Crippen LogP contribution is 2.57. The minimum atomic E-state index is -4.59. The summed E-state index contributed by atoms with van der Waals surface area (Å²) in [4.78, 5) is 29.6. The summed E-state index contributed by atoms with van der Waals surface area (Å²) >= 11 is 0. The number of halogens is 4. The zero-order chi connectivity index (χ0) is 22.0. The summed E-state index contributed by atoms with van der Waals surface area (Å²) in [6.07, 6.45) is -0.0400. The van der Waals surface area contributed by atoms with Crippen LogP contribution < -0.4 is 0 Å². The number of aromatic nitrogens is 1. The van der Waals surface area contributed by atoms with Crippen molar-refractivity contribution in [3.63, 3.8) is 0 Å². The minimum Gasteiger partial charge on any atom is -0.465 e. The van der Waals surface area contributed by atoms with E-state index >= 15 is 0 Å². The van der Waals surface area contributed by atoms with Crippen molar-refractivity contribution in [2.75, 3.05) is 19.7 Å². The number of amides is 1. The summed E-state index contributed by atoms with van der Waals surface area (Å²) in [5.41, 5.74) is -1.33. The van der Waals surface area contributed by atoms with Gasteiger partial charge in [-0.15, -0.1) is 0 Å². The lowest BCUT2D eigenvalue weighted by Gasteiger charge is -2.53. The number of esters is 1. The average Bonchev–Trinajstić information content (AvgIpc) is 3.06. The molecule has 1 aromatic rings. The smallest absolute Gasteiger partial charge is 0.433 e. The van der Waals surface area contributed by atoms with E-state index in [1.54, 1.807) is 0 Å². The first kappa shape index (κ1) is 20.7. The van der Waals surface area contributed by atoms with Crippen LogP contribution in [0.4, 0.5) is 17.6 Å². The van der Waals surface area contributed by atoms with Gasteiger partial charge >= 0.3 is 12.1 Å². The molecule has 1 amide bonds. The lowest BCUT2D eigenvalue weighted by Crippen LogP contribution is -2.52. The van der Waals surface area contributed by atoms with Crippen LogP contribution >= 0.6 is 0 Å². The van der Waals surface area contributed by atoms with Gasteiger partial charge in [0.05, 0.1) is 18.7 Å². The van der Waals surface area contributed by atoms with Crippen LogP contribution in [0, 0.1) is 22.6 Å². The van der Waals surface area contributed by atoms with Crippen molar-refractivity contribution in [2.24, 2.45) is 16.7 Å².